The third kappa shape index (κ3) is 5.97. The van der Waals surface area contributed by atoms with E-state index in [1.54, 1.807) is 31.4 Å². The van der Waals surface area contributed by atoms with Crippen LogP contribution in [0.4, 0.5) is 0 Å². The number of rotatable bonds is 13. The summed E-state index contributed by atoms with van der Waals surface area (Å²) in [6, 6.07) is 13.1. The molecule has 2 saturated carbocycles. The number of benzene rings is 2. The van der Waals surface area contributed by atoms with Gasteiger partial charge in [0, 0.05) is 30.5 Å². The summed E-state index contributed by atoms with van der Waals surface area (Å²) in [7, 11) is 1.60. The van der Waals surface area contributed by atoms with Gasteiger partial charge in [-0.3, -0.25) is 9.59 Å². The summed E-state index contributed by atoms with van der Waals surface area (Å²) in [5.74, 6) is 2.06. The van der Waals surface area contributed by atoms with Crippen LogP contribution in [0.15, 0.2) is 42.5 Å². The van der Waals surface area contributed by atoms with Gasteiger partial charge in [-0.1, -0.05) is 18.9 Å². The molecule has 0 aromatic heterocycles. The number of aliphatic hydroxyl groups excluding tert-OH is 1. The molecule has 0 radical (unpaired) electrons. The van der Waals surface area contributed by atoms with Gasteiger partial charge in [-0.05, 0) is 74.1 Å². The minimum Gasteiger partial charge on any atom is -0.497 e. The van der Waals surface area contributed by atoms with E-state index >= 15 is 0 Å². The fourth-order valence-electron chi connectivity index (χ4n) is 5.37. The van der Waals surface area contributed by atoms with E-state index in [1.165, 1.54) is 6.42 Å². The van der Waals surface area contributed by atoms with Gasteiger partial charge in [0.05, 0.1) is 12.6 Å². The molecule has 3 aliphatic rings. The molecule has 0 saturated heterocycles. The highest BCUT2D eigenvalue weighted by Gasteiger charge is 2.61. The van der Waals surface area contributed by atoms with Crippen LogP contribution in [0.3, 0.4) is 0 Å². The molecular formula is C30H38N2O6. The highest BCUT2D eigenvalue weighted by Crippen LogP contribution is 2.48. The average molecular weight is 523 g/mol. The number of nitrogens with one attached hydrogen (secondary N) is 2. The van der Waals surface area contributed by atoms with Crippen LogP contribution in [0.2, 0.25) is 0 Å². The summed E-state index contributed by atoms with van der Waals surface area (Å²) in [5, 5.41) is 18.3. The lowest BCUT2D eigenvalue weighted by atomic mass is 9.92. The van der Waals surface area contributed by atoms with Crippen molar-refractivity contribution in [3.05, 3.63) is 53.6 Å². The first-order valence-corrected chi connectivity index (χ1v) is 13.8. The molecule has 1 amide bonds. The number of amides is 1. The minimum atomic E-state index is -0.859. The predicted molar refractivity (Wildman–Crippen MR) is 143 cm³/mol. The van der Waals surface area contributed by atoms with Crippen LogP contribution in [-0.2, 0) is 4.79 Å². The van der Waals surface area contributed by atoms with Crippen LogP contribution < -0.4 is 24.8 Å². The van der Waals surface area contributed by atoms with E-state index in [2.05, 4.69) is 10.6 Å². The standard InChI is InChI=1S/C30H38N2O6/c1-36-23-13-10-20(11-14-23)24(33)8-3-2-4-9-28(34)32-30(19-27(30)31-22-6-5-7-22)29(35)21-12-15-25-26(18-21)38-17-16-37-25/h10-15,18,22,27,29,31,35H,2-9,16-17,19H2,1H3,(H,32,34)/t27?,29-,30?/m1/s1. The van der Waals surface area contributed by atoms with Crippen molar-refractivity contribution in [2.24, 2.45) is 0 Å². The van der Waals surface area contributed by atoms with Gasteiger partial charge < -0.3 is 30.0 Å². The molecule has 38 heavy (non-hydrogen) atoms. The van der Waals surface area contributed by atoms with E-state index in [-0.39, 0.29) is 17.7 Å². The Kier molecular flexibility index (Phi) is 8.19. The third-order valence-corrected chi connectivity index (χ3v) is 8.01. The topological polar surface area (TPSA) is 106 Å². The molecule has 0 spiro atoms. The number of Topliss-reactive ketones (excluding diaryl/α,β-unsaturated/α-hetero) is 1. The van der Waals surface area contributed by atoms with Crippen LogP contribution in [0.25, 0.3) is 0 Å². The van der Waals surface area contributed by atoms with E-state index in [1.807, 2.05) is 18.2 Å². The zero-order valence-electron chi connectivity index (χ0n) is 22.0. The lowest BCUT2D eigenvalue weighted by molar-refractivity contribution is -0.123. The van der Waals surface area contributed by atoms with E-state index in [9.17, 15) is 14.7 Å². The summed E-state index contributed by atoms with van der Waals surface area (Å²) in [6.07, 6.45) is 6.34. The quantitative estimate of drug-likeness (QED) is 0.269. The van der Waals surface area contributed by atoms with Gasteiger partial charge in [0.15, 0.2) is 17.3 Å². The van der Waals surface area contributed by atoms with Crippen molar-refractivity contribution in [3.63, 3.8) is 0 Å². The minimum absolute atomic E-state index is 0.0297. The molecule has 2 aliphatic carbocycles. The van der Waals surface area contributed by atoms with Crippen LogP contribution >= 0.6 is 0 Å². The maximum atomic E-state index is 13.0. The number of hydrogen-bond donors (Lipinski definition) is 3. The van der Waals surface area contributed by atoms with Gasteiger partial charge in [-0.2, -0.15) is 0 Å². The lowest BCUT2D eigenvalue weighted by Gasteiger charge is -2.31. The first-order chi connectivity index (χ1) is 18.5. The van der Waals surface area contributed by atoms with Crippen LogP contribution in [0.1, 0.15) is 79.8 Å². The van der Waals surface area contributed by atoms with Crippen molar-refractivity contribution in [1.82, 2.24) is 10.6 Å². The van der Waals surface area contributed by atoms with Crippen molar-refractivity contribution < 1.29 is 28.9 Å². The second kappa shape index (κ2) is 11.7. The lowest BCUT2D eigenvalue weighted by Crippen LogP contribution is -2.49. The molecule has 2 fully saturated rings. The maximum absolute atomic E-state index is 13.0. The molecule has 8 heteroatoms. The molecule has 1 heterocycles. The van der Waals surface area contributed by atoms with E-state index in [0.29, 0.717) is 67.6 Å². The first-order valence-electron chi connectivity index (χ1n) is 13.8. The maximum Gasteiger partial charge on any atom is 0.220 e. The molecule has 3 N–H and O–H groups in total. The van der Waals surface area contributed by atoms with Crippen LogP contribution in [-0.4, -0.2) is 54.7 Å². The molecule has 5 rings (SSSR count). The highest BCUT2D eigenvalue weighted by molar-refractivity contribution is 5.96. The Morgan fingerprint density at radius 2 is 1.76 bits per heavy atom. The Hall–Kier alpha value is -3.10. The fraction of sp³-hybridized carbons (Fsp3) is 0.533. The van der Waals surface area contributed by atoms with Crippen molar-refractivity contribution in [3.8, 4) is 17.2 Å². The fourth-order valence-corrected chi connectivity index (χ4v) is 5.37. The van der Waals surface area contributed by atoms with Gasteiger partial charge in [-0.15, -0.1) is 0 Å². The number of fused-ring (bicyclic) bond motifs is 1. The number of unbranched alkanes of at least 4 members (excludes halogenated alkanes) is 2. The largest absolute Gasteiger partial charge is 0.497 e. The summed E-state index contributed by atoms with van der Waals surface area (Å²) < 4.78 is 16.5. The molecule has 1 aliphatic heterocycles. The number of ketones is 1. The second-order valence-electron chi connectivity index (χ2n) is 10.7. The Balaban J connectivity index is 1.13. The highest BCUT2D eigenvalue weighted by atomic mass is 16.6. The predicted octanol–water partition coefficient (Wildman–Crippen LogP) is 4.10. The smallest absolute Gasteiger partial charge is 0.220 e. The monoisotopic (exact) mass is 522 g/mol. The van der Waals surface area contributed by atoms with Crippen molar-refractivity contribution in [2.75, 3.05) is 20.3 Å². The number of methoxy groups -OCH3 is 1. The van der Waals surface area contributed by atoms with Gasteiger partial charge in [-0.25, -0.2) is 0 Å². The molecule has 3 atom stereocenters. The van der Waals surface area contributed by atoms with Crippen molar-refractivity contribution >= 4 is 11.7 Å². The average Bonchev–Trinajstić information content (AvgIpc) is 3.62. The third-order valence-electron chi connectivity index (χ3n) is 8.01. The number of carbonyl (C=O) groups is 2. The van der Waals surface area contributed by atoms with Gasteiger partial charge in [0.2, 0.25) is 5.91 Å². The first kappa shape index (κ1) is 26.5. The number of ether oxygens (including phenoxy) is 3. The normalized spacial score (nSPS) is 22.7. The number of hydrogen-bond acceptors (Lipinski definition) is 7. The number of carbonyl (C=O) groups excluding carboxylic acids is 2. The molecule has 0 bridgehead atoms. The Bertz CT molecular complexity index is 1130. The van der Waals surface area contributed by atoms with E-state index < -0.39 is 11.6 Å². The zero-order chi connectivity index (χ0) is 26.5. The van der Waals surface area contributed by atoms with Crippen molar-refractivity contribution in [1.29, 1.82) is 0 Å². The summed E-state index contributed by atoms with van der Waals surface area (Å²) >= 11 is 0. The van der Waals surface area contributed by atoms with Crippen molar-refractivity contribution in [2.45, 2.75) is 81.5 Å². The Labute approximate surface area is 224 Å². The summed E-state index contributed by atoms with van der Waals surface area (Å²) in [4.78, 5) is 25.4. The molecule has 2 unspecified atom stereocenters. The molecule has 8 nitrogen and oxygen atoms in total. The molecule has 2 aromatic carbocycles. The van der Waals surface area contributed by atoms with Gasteiger partial charge in [0.25, 0.3) is 0 Å². The summed E-state index contributed by atoms with van der Waals surface area (Å²) in [5.41, 5.74) is 0.655. The SMILES string of the molecule is COc1ccc(C(=O)CCCCCC(=O)NC2([C@H](O)c3ccc4c(c3)OCCO4)CC2NC2CCC2)cc1. The summed E-state index contributed by atoms with van der Waals surface area (Å²) in [6.45, 7) is 0.990. The van der Waals surface area contributed by atoms with Gasteiger partial charge >= 0.3 is 0 Å². The molecule has 204 valence electrons. The van der Waals surface area contributed by atoms with E-state index in [4.69, 9.17) is 14.2 Å². The molecule has 2 aromatic rings. The van der Waals surface area contributed by atoms with Crippen LogP contribution in [0.5, 0.6) is 17.2 Å². The van der Waals surface area contributed by atoms with E-state index in [0.717, 1.165) is 31.4 Å². The van der Waals surface area contributed by atoms with Crippen LogP contribution in [0, 0.1) is 0 Å². The van der Waals surface area contributed by atoms with Gasteiger partial charge in [0.1, 0.15) is 25.1 Å². The molecular weight excluding hydrogens is 484 g/mol. The number of aliphatic hydroxyl groups is 1. The Morgan fingerprint density at radius 1 is 1.03 bits per heavy atom. The second-order valence-corrected chi connectivity index (χ2v) is 10.7. The zero-order valence-corrected chi connectivity index (χ0v) is 22.0. The Morgan fingerprint density at radius 3 is 2.47 bits per heavy atom.